The summed E-state index contributed by atoms with van der Waals surface area (Å²) in [4.78, 5) is 0.131. The Bertz CT molecular complexity index is 1320. The number of halogens is 1. The molecule has 2 heterocycles. The zero-order valence-electron chi connectivity index (χ0n) is 15.5. The maximum atomic E-state index is 14.6. The molecule has 0 aliphatic heterocycles. The Labute approximate surface area is 167 Å². The van der Waals surface area contributed by atoms with Crippen LogP contribution in [-0.2, 0) is 16.6 Å². The van der Waals surface area contributed by atoms with Gasteiger partial charge in [0.2, 0.25) is 0 Å². The molecule has 148 valence electrons. The second-order valence-corrected chi connectivity index (χ2v) is 8.34. The number of rotatable bonds is 5. The summed E-state index contributed by atoms with van der Waals surface area (Å²) in [5.74, 6) is 0.155. The van der Waals surface area contributed by atoms with Gasteiger partial charge in [-0.1, -0.05) is 23.4 Å². The van der Waals surface area contributed by atoms with Crippen molar-refractivity contribution >= 4 is 33.1 Å². The Kier molecular flexibility index (Phi) is 4.81. The van der Waals surface area contributed by atoms with E-state index in [4.69, 9.17) is 10.3 Å². The van der Waals surface area contributed by atoms with Crippen LogP contribution in [0.1, 0.15) is 22.7 Å². The maximum Gasteiger partial charge on any atom is 0.268 e. The smallest absolute Gasteiger partial charge is 0.268 e. The molecule has 8 heteroatoms. The summed E-state index contributed by atoms with van der Waals surface area (Å²) in [6.07, 6.45) is 3.13. The number of benzene rings is 2. The number of nitrogens with two attached hydrogens (primary N) is 1. The lowest BCUT2D eigenvalue weighted by molar-refractivity contribution is 0.396. The van der Waals surface area contributed by atoms with Gasteiger partial charge in [-0.25, -0.2) is 16.8 Å². The predicted molar refractivity (Wildman–Crippen MR) is 109 cm³/mol. The molecule has 0 fully saturated rings. The molecule has 0 aliphatic rings. The van der Waals surface area contributed by atoms with Gasteiger partial charge in [0, 0.05) is 29.3 Å². The molecule has 0 bridgehead atoms. The summed E-state index contributed by atoms with van der Waals surface area (Å²) in [6.45, 7) is 1.75. The van der Waals surface area contributed by atoms with Crippen LogP contribution in [-0.4, -0.2) is 17.5 Å². The third-order valence-corrected chi connectivity index (χ3v) is 6.30. The van der Waals surface area contributed by atoms with Crippen molar-refractivity contribution in [2.45, 2.75) is 18.4 Å². The van der Waals surface area contributed by atoms with Crippen molar-refractivity contribution in [3.63, 3.8) is 0 Å². The monoisotopic (exact) mass is 411 g/mol. The predicted octanol–water partition coefficient (Wildman–Crippen LogP) is 3.94. The number of hydrogen-bond donors (Lipinski definition) is 1. The zero-order valence-corrected chi connectivity index (χ0v) is 16.4. The zero-order chi connectivity index (χ0) is 20.6. The Balaban J connectivity index is 1.89. The van der Waals surface area contributed by atoms with Gasteiger partial charge in [-0.05, 0) is 49.4 Å². The van der Waals surface area contributed by atoms with Crippen LogP contribution in [0.4, 0.5) is 4.39 Å². The number of fused-ring (bicyclic) bond motifs is 1. The average molecular weight is 411 g/mol. The molecular weight excluding hydrogens is 393 g/mol. The lowest BCUT2D eigenvalue weighted by atomic mass is 10.1. The van der Waals surface area contributed by atoms with Crippen molar-refractivity contribution in [3.05, 3.63) is 83.1 Å². The van der Waals surface area contributed by atoms with E-state index in [1.54, 1.807) is 43.3 Å². The van der Waals surface area contributed by atoms with E-state index in [9.17, 15) is 12.8 Å². The molecule has 2 N–H and O–H groups in total. The molecular formula is C21H18FN3O3S. The van der Waals surface area contributed by atoms with Gasteiger partial charge in [-0.3, -0.25) is 0 Å². The highest BCUT2D eigenvalue weighted by atomic mass is 32.2. The SMILES string of the molecule is Cc1cc(/C=C/c2cc3c(cc2F)cc(CN)n3S(=O)(=O)c2ccccc2)no1. The minimum atomic E-state index is -3.90. The number of hydrogen-bond acceptors (Lipinski definition) is 5. The Morgan fingerprint density at radius 2 is 1.90 bits per heavy atom. The van der Waals surface area contributed by atoms with Crippen molar-refractivity contribution < 1.29 is 17.3 Å². The summed E-state index contributed by atoms with van der Waals surface area (Å²) in [7, 11) is -3.90. The number of aromatic nitrogens is 2. The van der Waals surface area contributed by atoms with Crippen LogP contribution >= 0.6 is 0 Å². The van der Waals surface area contributed by atoms with Crippen LogP contribution in [0.2, 0.25) is 0 Å². The van der Waals surface area contributed by atoms with Gasteiger partial charge < -0.3 is 10.3 Å². The molecule has 0 saturated heterocycles. The van der Waals surface area contributed by atoms with Crippen LogP contribution in [0.3, 0.4) is 0 Å². The third-order valence-electron chi connectivity index (χ3n) is 4.52. The van der Waals surface area contributed by atoms with Crippen molar-refractivity contribution in [3.8, 4) is 0 Å². The van der Waals surface area contributed by atoms with Gasteiger partial charge in [0.1, 0.15) is 17.3 Å². The van der Waals surface area contributed by atoms with Crippen molar-refractivity contribution in [2.24, 2.45) is 5.73 Å². The van der Waals surface area contributed by atoms with Crippen molar-refractivity contribution in [2.75, 3.05) is 0 Å². The molecule has 29 heavy (non-hydrogen) atoms. The minimum Gasteiger partial charge on any atom is -0.361 e. The van der Waals surface area contributed by atoms with Gasteiger partial charge in [-0.15, -0.1) is 0 Å². The van der Waals surface area contributed by atoms with Crippen LogP contribution in [0.5, 0.6) is 0 Å². The van der Waals surface area contributed by atoms with E-state index in [1.807, 2.05) is 0 Å². The van der Waals surface area contributed by atoms with Gasteiger partial charge in [0.25, 0.3) is 10.0 Å². The van der Waals surface area contributed by atoms with Gasteiger partial charge in [0.15, 0.2) is 0 Å². The third kappa shape index (κ3) is 3.48. The lowest BCUT2D eigenvalue weighted by Gasteiger charge is -2.11. The van der Waals surface area contributed by atoms with Crippen LogP contribution in [0.25, 0.3) is 23.1 Å². The lowest BCUT2D eigenvalue weighted by Crippen LogP contribution is -2.17. The fraction of sp³-hybridized carbons (Fsp3) is 0.0952. The van der Waals surface area contributed by atoms with Crippen LogP contribution in [0.15, 0.2) is 64.0 Å². The molecule has 0 unspecified atom stereocenters. The molecule has 0 saturated carbocycles. The normalized spacial score (nSPS) is 12.2. The second-order valence-electron chi connectivity index (χ2n) is 6.55. The van der Waals surface area contributed by atoms with E-state index in [-0.39, 0.29) is 17.0 Å². The first-order valence-electron chi connectivity index (χ1n) is 8.86. The fourth-order valence-electron chi connectivity index (χ4n) is 3.17. The summed E-state index contributed by atoms with van der Waals surface area (Å²) in [6, 6.07) is 14.2. The summed E-state index contributed by atoms with van der Waals surface area (Å²) in [5, 5.41) is 4.29. The highest BCUT2D eigenvalue weighted by molar-refractivity contribution is 7.90. The maximum absolute atomic E-state index is 14.6. The van der Waals surface area contributed by atoms with Crippen LogP contribution < -0.4 is 5.73 Å². The highest BCUT2D eigenvalue weighted by Crippen LogP contribution is 2.28. The molecule has 0 spiro atoms. The first-order valence-corrected chi connectivity index (χ1v) is 10.3. The first-order chi connectivity index (χ1) is 13.9. The fourth-order valence-corrected chi connectivity index (χ4v) is 4.73. The van der Waals surface area contributed by atoms with Gasteiger partial charge in [-0.2, -0.15) is 0 Å². The summed E-state index contributed by atoms with van der Waals surface area (Å²) in [5.41, 5.74) is 7.28. The topological polar surface area (TPSA) is 91.1 Å². The van der Waals surface area contributed by atoms with Crippen molar-refractivity contribution in [1.29, 1.82) is 0 Å². The standard InChI is InChI=1S/C21H18FN3O3S/c1-14-9-17(24-28-14)8-7-15-12-21-16(11-20(15)22)10-18(13-23)25(21)29(26,27)19-5-3-2-4-6-19/h2-12H,13,23H2,1H3/b8-7+. The Hall–Kier alpha value is -3.23. The molecule has 2 aromatic heterocycles. The summed E-state index contributed by atoms with van der Waals surface area (Å²) < 4.78 is 47.3. The van der Waals surface area contributed by atoms with E-state index in [0.29, 0.717) is 28.1 Å². The molecule has 4 aromatic rings. The van der Waals surface area contributed by atoms with E-state index < -0.39 is 15.8 Å². The molecule has 0 amide bonds. The first kappa shape index (κ1) is 19.1. The van der Waals surface area contributed by atoms with E-state index in [1.165, 1.54) is 34.3 Å². The molecule has 0 radical (unpaired) electrons. The van der Waals surface area contributed by atoms with E-state index in [2.05, 4.69) is 5.16 Å². The largest absolute Gasteiger partial charge is 0.361 e. The van der Waals surface area contributed by atoms with E-state index in [0.717, 1.165) is 0 Å². The molecule has 2 aromatic carbocycles. The molecule has 4 rings (SSSR count). The quantitative estimate of drug-likeness (QED) is 0.537. The molecule has 0 atom stereocenters. The molecule has 6 nitrogen and oxygen atoms in total. The highest BCUT2D eigenvalue weighted by Gasteiger charge is 2.23. The number of nitrogens with zero attached hydrogens (tertiary/aromatic N) is 2. The van der Waals surface area contributed by atoms with Gasteiger partial charge in [0.05, 0.1) is 10.4 Å². The van der Waals surface area contributed by atoms with E-state index >= 15 is 0 Å². The van der Waals surface area contributed by atoms with Gasteiger partial charge >= 0.3 is 0 Å². The average Bonchev–Trinajstić information content (AvgIpc) is 3.29. The Morgan fingerprint density at radius 1 is 1.14 bits per heavy atom. The van der Waals surface area contributed by atoms with Crippen LogP contribution in [0, 0.1) is 12.7 Å². The summed E-state index contributed by atoms with van der Waals surface area (Å²) >= 11 is 0. The minimum absolute atomic E-state index is 0.00818. The Morgan fingerprint density at radius 3 is 2.55 bits per heavy atom. The second kappa shape index (κ2) is 7.31. The van der Waals surface area contributed by atoms with Crippen molar-refractivity contribution in [1.82, 2.24) is 9.13 Å². The number of aryl methyl sites for hydroxylation is 1. The molecule has 0 aliphatic carbocycles.